The fraction of sp³-hybridized carbons (Fsp3) is 0.462. The van der Waals surface area contributed by atoms with Crippen LogP contribution in [0.1, 0.15) is 25.8 Å². The van der Waals surface area contributed by atoms with Crippen LogP contribution in [0.3, 0.4) is 0 Å². The molecular formula is C13H17BrFNO2. The number of hydrogen-bond donors (Lipinski definition) is 2. The zero-order valence-electron chi connectivity index (χ0n) is 10.4. The maximum Gasteiger partial charge on any atom is 0.222 e. The molecule has 0 heterocycles. The van der Waals surface area contributed by atoms with Gasteiger partial charge >= 0.3 is 0 Å². The van der Waals surface area contributed by atoms with Crippen molar-refractivity contribution in [1.82, 2.24) is 5.32 Å². The van der Waals surface area contributed by atoms with Crippen molar-refractivity contribution in [1.29, 1.82) is 0 Å². The molecule has 5 heteroatoms. The van der Waals surface area contributed by atoms with E-state index < -0.39 is 6.10 Å². The number of rotatable bonds is 5. The highest BCUT2D eigenvalue weighted by Gasteiger charge is 2.14. The molecule has 0 saturated carbocycles. The van der Waals surface area contributed by atoms with Crippen molar-refractivity contribution in [2.45, 2.75) is 32.9 Å². The molecule has 1 atom stereocenters. The fourth-order valence-corrected chi connectivity index (χ4v) is 1.92. The Bertz CT molecular complexity index is 403. The molecule has 0 spiro atoms. The average Bonchev–Trinajstić information content (AvgIpc) is 2.25. The molecule has 18 heavy (non-hydrogen) atoms. The maximum absolute atomic E-state index is 13.1. The first-order valence-corrected chi connectivity index (χ1v) is 6.57. The molecule has 1 aromatic carbocycles. The molecule has 0 aliphatic heterocycles. The van der Waals surface area contributed by atoms with Crippen LogP contribution in [0.25, 0.3) is 0 Å². The molecular weight excluding hydrogens is 301 g/mol. The predicted molar refractivity (Wildman–Crippen MR) is 71.4 cm³/mol. The van der Waals surface area contributed by atoms with Crippen molar-refractivity contribution < 1.29 is 14.3 Å². The van der Waals surface area contributed by atoms with Gasteiger partial charge < -0.3 is 10.4 Å². The summed E-state index contributed by atoms with van der Waals surface area (Å²) in [6.07, 6.45) is -0.585. The first kappa shape index (κ1) is 15.1. The number of aliphatic hydroxyl groups is 1. The molecule has 1 unspecified atom stereocenters. The minimum Gasteiger partial charge on any atom is -0.392 e. The standard InChI is InChI=1S/C13H17BrFNO2/c1-8(2)12(17)6-13(18)16-7-9-3-10(14)5-11(15)4-9/h3-5,8,12,17H,6-7H2,1-2H3,(H,16,18). The number of benzene rings is 1. The van der Waals surface area contributed by atoms with Crippen LogP contribution in [0.5, 0.6) is 0 Å². The molecule has 1 rings (SSSR count). The molecule has 0 aliphatic rings. The van der Waals surface area contributed by atoms with Crippen molar-refractivity contribution in [2.24, 2.45) is 5.92 Å². The lowest BCUT2D eigenvalue weighted by Crippen LogP contribution is -2.29. The number of aliphatic hydroxyl groups excluding tert-OH is 1. The Morgan fingerprint density at radius 3 is 2.67 bits per heavy atom. The minimum absolute atomic E-state index is 0.0408. The number of hydrogen-bond acceptors (Lipinski definition) is 2. The third-order valence-electron chi connectivity index (χ3n) is 2.58. The Morgan fingerprint density at radius 2 is 2.11 bits per heavy atom. The van der Waals surface area contributed by atoms with Gasteiger partial charge in [-0.05, 0) is 29.7 Å². The molecule has 0 saturated heterocycles. The van der Waals surface area contributed by atoms with Crippen molar-refractivity contribution in [3.63, 3.8) is 0 Å². The van der Waals surface area contributed by atoms with Crippen molar-refractivity contribution in [2.75, 3.05) is 0 Å². The zero-order valence-corrected chi connectivity index (χ0v) is 12.0. The SMILES string of the molecule is CC(C)C(O)CC(=O)NCc1cc(F)cc(Br)c1. The first-order chi connectivity index (χ1) is 8.38. The molecule has 100 valence electrons. The third-order valence-corrected chi connectivity index (χ3v) is 3.03. The summed E-state index contributed by atoms with van der Waals surface area (Å²) in [6.45, 7) is 3.95. The van der Waals surface area contributed by atoms with Gasteiger partial charge in [-0.15, -0.1) is 0 Å². The summed E-state index contributed by atoms with van der Waals surface area (Å²) in [5, 5.41) is 12.2. The van der Waals surface area contributed by atoms with Gasteiger partial charge in [0.2, 0.25) is 5.91 Å². The second-order valence-corrected chi connectivity index (χ2v) is 5.49. The van der Waals surface area contributed by atoms with Gasteiger partial charge in [-0.1, -0.05) is 29.8 Å². The minimum atomic E-state index is -0.649. The van der Waals surface area contributed by atoms with Gasteiger partial charge in [0.05, 0.1) is 12.5 Å². The lowest BCUT2D eigenvalue weighted by atomic mass is 10.0. The van der Waals surface area contributed by atoms with Gasteiger partial charge in [-0.25, -0.2) is 4.39 Å². The normalized spacial score (nSPS) is 12.6. The van der Waals surface area contributed by atoms with E-state index in [0.717, 1.165) is 0 Å². The Kier molecular flexibility index (Phi) is 5.75. The van der Waals surface area contributed by atoms with Crippen molar-refractivity contribution in [3.8, 4) is 0 Å². The highest BCUT2D eigenvalue weighted by atomic mass is 79.9. The fourth-order valence-electron chi connectivity index (χ4n) is 1.41. The summed E-state index contributed by atoms with van der Waals surface area (Å²) in [7, 11) is 0. The van der Waals surface area contributed by atoms with Gasteiger partial charge in [-0.3, -0.25) is 4.79 Å². The molecule has 2 N–H and O–H groups in total. The summed E-state index contributed by atoms with van der Waals surface area (Å²) >= 11 is 3.19. The Hall–Kier alpha value is -0.940. The third kappa shape index (κ3) is 5.14. The van der Waals surface area contributed by atoms with E-state index in [2.05, 4.69) is 21.2 Å². The zero-order chi connectivity index (χ0) is 13.7. The lowest BCUT2D eigenvalue weighted by Gasteiger charge is -2.14. The van der Waals surface area contributed by atoms with Crippen LogP contribution in [0, 0.1) is 11.7 Å². The molecule has 1 aromatic rings. The summed E-state index contributed by atoms with van der Waals surface area (Å²) in [5.74, 6) is -0.550. The number of nitrogens with one attached hydrogen (secondary N) is 1. The molecule has 1 amide bonds. The summed E-state index contributed by atoms with van der Waals surface area (Å²) in [5.41, 5.74) is 0.675. The van der Waals surface area contributed by atoms with Gasteiger partial charge in [0, 0.05) is 11.0 Å². The van der Waals surface area contributed by atoms with Crippen LogP contribution in [0.15, 0.2) is 22.7 Å². The highest BCUT2D eigenvalue weighted by molar-refractivity contribution is 9.10. The van der Waals surface area contributed by atoms with Crippen LogP contribution in [0.4, 0.5) is 4.39 Å². The van der Waals surface area contributed by atoms with E-state index in [4.69, 9.17) is 0 Å². The monoisotopic (exact) mass is 317 g/mol. The van der Waals surface area contributed by atoms with Crippen LogP contribution in [0.2, 0.25) is 0 Å². The van der Waals surface area contributed by atoms with E-state index in [0.29, 0.717) is 10.0 Å². The van der Waals surface area contributed by atoms with Gasteiger partial charge in [0.1, 0.15) is 5.82 Å². The molecule has 0 fully saturated rings. The smallest absolute Gasteiger partial charge is 0.222 e. The molecule has 0 bridgehead atoms. The molecule has 0 aliphatic carbocycles. The van der Waals surface area contributed by atoms with Crippen LogP contribution < -0.4 is 5.32 Å². The van der Waals surface area contributed by atoms with E-state index in [9.17, 15) is 14.3 Å². The van der Waals surface area contributed by atoms with Crippen LogP contribution in [-0.2, 0) is 11.3 Å². The van der Waals surface area contributed by atoms with Crippen LogP contribution in [-0.4, -0.2) is 17.1 Å². The van der Waals surface area contributed by atoms with Gasteiger partial charge in [0.25, 0.3) is 0 Å². The van der Waals surface area contributed by atoms with E-state index in [-0.39, 0.29) is 30.6 Å². The molecule has 0 radical (unpaired) electrons. The van der Waals surface area contributed by atoms with Gasteiger partial charge in [-0.2, -0.15) is 0 Å². The molecule has 0 aromatic heterocycles. The second-order valence-electron chi connectivity index (χ2n) is 4.57. The Balaban J connectivity index is 2.47. The highest BCUT2D eigenvalue weighted by Crippen LogP contribution is 2.14. The first-order valence-electron chi connectivity index (χ1n) is 5.78. The second kappa shape index (κ2) is 6.85. The van der Waals surface area contributed by atoms with E-state index >= 15 is 0 Å². The van der Waals surface area contributed by atoms with E-state index in [1.165, 1.54) is 12.1 Å². The Labute approximate surface area is 115 Å². The number of amides is 1. The van der Waals surface area contributed by atoms with Crippen molar-refractivity contribution >= 4 is 21.8 Å². The summed E-state index contributed by atoms with van der Waals surface area (Å²) in [4.78, 5) is 11.5. The predicted octanol–water partition coefficient (Wildman–Crippen LogP) is 2.61. The lowest BCUT2D eigenvalue weighted by molar-refractivity contribution is -0.123. The number of carbonyl (C=O) groups is 1. The van der Waals surface area contributed by atoms with Crippen molar-refractivity contribution in [3.05, 3.63) is 34.1 Å². The van der Waals surface area contributed by atoms with Gasteiger partial charge in [0.15, 0.2) is 0 Å². The number of carbonyl (C=O) groups excluding carboxylic acids is 1. The topological polar surface area (TPSA) is 49.3 Å². The quantitative estimate of drug-likeness (QED) is 0.877. The van der Waals surface area contributed by atoms with Crippen LogP contribution >= 0.6 is 15.9 Å². The van der Waals surface area contributed by atoms with E-state index in [1.807, 2.05) is 13.8 Å². The number of halogens is 2. The van der Waals surface area contributed by atoms with E-state index in [1.54, 1.807) is 6.07 Å². The largest absolute Gasteiger partial charge is 0.392 e. The maximum atomic E-state index is 13.1. The average molecular weight is 318 g/mol. The summed E-state index contributed by atoms with van der Waals surface area (Å²) in [6, 6.07) is 4.46. The Morgan fingerprint density at radius 1 is 1.44 bits per heavy atom. The molecule has 3 nitrogen and oxygen atoms in total. The summed E-state index contributed by atoms with van der Waals surface area (Å²) < 4.78 is 13.7.